The first-order valence-corrected chi connectivity index (χ1v) is 27.3. The third kappa shape index (κ3) is 12.2. The van der Waals surface area contributed by atoms with E-state index in [2.05, 4.69) is 31.9 Å². The molecule has 8 aromatic carbocycles. The highest BCUT2D eigenvalue weighted by molar-refractivity contribution is 7.86. The molecule has 20 nitrogen and oxygen atoms in total. The van der Waals surface area contributed by atoms with Gasteiger partial charge in [0.15, 0.2) is 0 Å². The van der Waals surface area contributed by atoms with Crippen LogP contribution < -0.4 is 31.9 Å². The maximum atomic E-state index is 13.6. The number of amides is 6. The molecule has 0 heterocycles. The van der Waals surface area contributed by atoms with Gasteiger partial charge in [-0.3, -0.25) is 32.8 Å². The van der Waals surface area contributed by atoms with Gasteiger partial charge >= 0.3 is 6.03 Å². The molecule has 0 unspecified atom stereocenters. The van der Waals surface area contributed by atoms with Gasteiger partial charge in [-0.2, -0.15) is 25.3 Å². The van der Waals surface area contributed by atoms with Crippen LogP contribution in [0.25, 0.3) is 21.5 Å². The Labute approximate surface area is 441 Å². The van der Waals surface area contributed by atoms with Gasteiger partial charge in [0.1, 0.15) is 9.79 Å². The van der Waals surface area contributed by atoms with E-state index in [0.717, 1.165) is 23.8 Å². The maximum absolute atomic E-state index is 13.6. The largest absolute Gasteiger partial charge is 0.323 e. The third-order valence-electron chi connectivity index (χ3n) is 12.3. The Morgan fingerprint density at radius 3 is 1.29 bits per heavy atom. The molecule has 0 saturated heterocycles. The van der Waals surface area contributed by atoms with Crippen molar-refractivity contribution >= 4 is 116 Å². The van der Waals surface area contributed by atoms with Crippen molar-refractivity contribution in [1.82, 2.24) is 0 Å². The van der Waals surface area contributed by atoms with Gasteiger partial charge in [0.25, 0.3) is 54.0 Å². The molecule has 0 aromatic heterocycles. The average molecular weight is 1100 g/mol. The first-order valence-electron chi connectivity index (χ1n) is 22.9. The van der Waals surface area contributed by atoms with E-state index < -0.39 is 69.8 Å². The predicted octanol–water partition coefficient (Wildman–Crippen LogP) is 9.93. The SMILES string of the molecule is Cc1cc(S(=O)(=O)O)c2c(NC(=O)c3ccc(C)c(NC(=O)c4cccc(NC(=O)Nc5cccc(C(=O)Nc6cc(C(=O)Nc7ccc(S(=O)(=O)O)c8cc(S(=O)(=O)O)cc(C)c78)ccc6C)c5)c4)c3)ccc(C)c2c1. The summed E-state index contributed by atoms with van der Waals surface area (Å²) in [7, 11) is -14.4. The molecule has 23 heteroatoms. The zero-order valence-corrected chi connectivity index (χ0v) is 43.7. The number of rotatable bonds is 13. The molecule has 0 atom stereocenters. The van der Waals surface area contributed by atoms with Crippen molar-refractivity contribution < 1.29 is 62.9 Å². The van der Waals surface area contributed by atoms with E-state index in [4.69, 9.17) is 0 Å². The summed E-state index contributed by atoms with van der Waals surface area (Å²) in [6, 6.07) is 30.7. The van der Waals surface area contributed by atoms with Crippen molar-refractivity contribution in [3.63, 3.8) is 0 Å². The van der Waals surface area contributed by atoms with E-state index >= 15 is 0 Å². The standard InChI is InChI=1S/C54H46N6O14S3/c1-28-20-40-29(2)14-17-43(49(40)47(21-28)77(72,73)74)58-53(64)36-16-13-31(4)45(26-36)60-51(62)34-9-7-11-38(24-34)56-54(65)55-37-10-6-8-33(23-37)50(61)59-44-25-35(15-12-30(44)3)52(63)57-42-18-19-46(76(69,70)71)41-27-39(75(66,67)68)22-32(5)48(41)42/h6-27H,1-5H3,(H,57,63)(H,58,64)(H,59,61)(H,60,62)(H2,55,56,65)(H,66,67,68)(H,69,70,71)(H,72,73,74). The third-order valence-corrected chi connectivity index (χ3v) is 14.9. The Bertz CT molecular complexity index is 4200. The number of urea groups is 1. The number of anilines is 6. The number of hydrogen-bond donors (Lipinski definition) is 9. The molecule has 0 aliphatic rings. The summed E-state index contributed by atoms with van der Waals surface area (Å²) in [4.78, 5) is 66.0. The summed E-state index contributed by atoms with van der Waals surface area (Å²) < 4.78 is 103. The van der Waals surface area contributed by atoms with Gasteiger partial charge in [0.2, 0.25) is 0 Å². The molecule has 8 aromatic rings. The molecule has 0 spiro atoms. The van der Waals surface area contributed by atoms with Crippen molar-refractivity contribution in [3.05, 3.63) is 184 Å². The van der Waals surface area contributed by atoms with Gasteiger partial charge in [-0.25, -0.2) is 4.79 Å². The monoisotopic (exact) mass is 1100 g/mol. The number of nitrogens with one attached hydrogen (secondary N) is 6. The first kappa shape index (κ1) is 54.4. The minimum absolute atomic E-state index is 0.0424. The Kier molecular flexibility index (Phi) is 14.9. The van der Waals surface area contributed by atoms with Crippen molar-refractivity contribution in [1.29, 1.82) is 0 Å². The molecule has 8 rings (SSSR count). The number of aryl methyl sites for hydroxylation is 5. The first-order chi connectivity index (χ1) is 36.1. The van der Waals surface area contributed by atoms with Gasteiger partial charge in [-0.1, -0.05) is 36.4 Å². The van der Waals surface area contributed by atoms with Crippen LogP contribution in [0.4, 0.5) is 38.9 Å². The maximum Gasteiger partial charge on any atom is 0.323 e. The van der Waals surface area contributed by atoms with Crippen LogP contribution in [0, 0.1) is 34.6 Å². The highest BCUT2D eigenvalue weighted by Gasteiger charge is 2.24. The van der Waals surface area contributed by atoms with Crippen molar-refractivity contribution in [2.75, 3.05) is 31.9 Å². The lowest BCUT2D eigenvalue weighted by Gasteiger charge is -2.15. The molecular formula is C54H46N6O14S3. The molecule has 0 saturated carbocycles. The number of carbonyl (C=O) groups excluding carboxylic acids is 5. The highest BCUT2D eigenvalue weighted by Crippen LogP contribution is 2.36. The molecular weight excluding hydrogens is 1050 g/mol. The predicted molar refractivity (Wildman–Crippen MR) is 291 cm³/mol. The van der Waals surface area contributed by atoms with Gasteiger partial charge in [0, 0.05) is 66.8 Å². The lowest BCUT2D eigenvalue weighted by molar-refractivity contribution is 0.101. The van der Waals surface area contributed by atoms with Gasteiger partial charge in [-0.15, -0.1) is 0 Å². The van der Waals surface area contributed by atoms with Crippen molar-refractivity contribution in [3.8, 4) is 0 Å². The fraction of sp³-hybridized carbons (Fsp3) is 0.0926. The molecule has 394 valence electrons. The summed E-state index contributed by atoms with van der Waals surface area (Å²) in [5.74, 6) is -2.53. The molecule has 0 aliphatic heterocycles. The van der Waals surface area contributed by atoms with Crippen LogP contribution in [-0.2, 0) is 30.4 Å². The van der Waals surface area contributed by atoms with Crippen LogP contribution >= 0.6 is 0 Å². The fourth-order valence-electron chi connectivity index (χ4n) is 8.49. The Morgan fingerprint density at radius 2 is 0.805 bits per heavy atom. The number of carbonyl (C=O) groups is 5. The topological polar surface area (TPSA) is 321 Å². The zero-order valence-electron chi connectivity index (χ0n) is 41.3. The van der Waals surface area contributed by atoms with E-state index in [9.17, 15) is 62.9 Å². The molecule has 6 amide bonds. The van der Waals surface area contributed by atoms with Gasteiger partial charge < -0.3 is 31.9 Å². The second-order valence-corrected chi connectivity index (χ2v) is 22.1. The van der Waals surface area contributed by atoms with E-state index in [1.807, 2.05) is 0 Å². The molecule has 0 fully saturated rings. The molecule has 9 N–H and O–H groups in total. The lowest BCUT2D eigenvalue weighted by atomic mass is 10.0. The van der Waals surface area contributed by atoms with Crippen LogP contribution in [0.1, 0.15) is 69.2 Å². The summed E-state index contributed by atoms with van der Waals surface area (Å²) in [5, 5.41) is 16.7. The van der Waals surface area contributed by atoms with Gasteiger partial charge in [0.05, 0.1) is 10.6 Å². The smallest absolute Gasteiger partial charge is 0.322 e. The minimum Gasteiger partial charge on any atom is -0.322 e. The highest BCUT2D eigenvalue weighted by atomic mass is 32.2. The molecule has 77 heavy (non-hydrogen) atoms. The normalized spacial score (nSPS) is 11.7. The van der Waals surface area contributed by atoms with Crippen molar-refractivity contribution in [2.45, 2.75) is 49.3 Å². The number of fused-ring (bicyclic) bond motifs is 2. The van der Waals surface area contributed by atoms with Crippen molar-refractivity contribution in [2.24, 2.45) is 0 Å². The Hall–Kier alpha value is -8.84. The Morgan fingerprint density at radius 1 is 0.364 bits per heavy atom. The van der Waals surface area contributed by atoms with Crippen LogP contribution in [0.5, 0.6) is 0 Å². The zero-order chi connectivity index (χ0) is 55.9. The van der Waals surface area contributed by atoms with Crippen LogP contribution in [0.2, 0.25) is 0 Å². The molecule has 0 aliphatic carbocycles. The van der Waals surface area contributed by atoms with Crippen LogP contribution in [-0.4, -0.2) is 68.6 Å². The van der Waals surface area contributed by atoms with Crippen LogP contribution in [0.15, 0.2) is 148 Å². The lowest BCUT2D eigenvalue weighted by Crippen LogP contribution is -2.21. The van der Waals surface area contributed by atoms with E-state index in [1.54, 1.807) is 58.0 Å². The van der Waals surface area contributed by atoms with E-state index in [1.165, 1.54) is 91.9 Å². The average Bonchev–Trinajstić information content (AvgIpc) is 3.35. The second-order valence-electron chi connectivity index (χ2n) is 17.9. The van der Waals surface area contributed by atoms with Crippen LogP contribution in [0.3, 0.4) is 0 Å². The quantitative estimate of drug-likeness (QED) is 0.0485. The van der Waals surface area contributed by atoms with E-state index in [-0.39, 0.29) is 83.0 Å². The summed E-state index contributed by atoms with van der Waals surface area (Å²) in [5.41, 5.74) is 4.20. The summed E-state index contributed by atoms with van der Waals surface area (Å²) in [6.07, 6.45) is 0. The molecule has 0 radical (unpaired) electrons. The molecule has 0 bridgehead atoms. The number of benzene rings is 8. The van der Waals surface area contributed by atoms with E-state index in [0.29, 0.717) is 22.1 Å². The second kappa shape index (κ2) is 21.1. The summed E-state index contributed by atoms with van der Waals surface area (Å²) >= 11 is 0. The summed E-state index contributed by atoms with van der Waals surface area (Å²) in [6.45, 7) is 8.28. The fourth-order valence-corrected chi connectivity index (χ4v) is 10.6. The van der Waals surface area contributed by atoms with Gasteiger partial charge in [-0.05, 0) is 165 Å². The number of hydrogen-bond acceptors (Lipinski definition) is 11. The minimum atomic E-state index is -4.89. The Balaban J connectivity index is 0.915.